The van der Waals surface area contributed by atoms with Gasteiger partial charge >= 0.3 is 6.09 Å². The summed E-state index contributed by atoms with van der Waals surface area (Å²) >= 11 is 3.24. The second-order valence-corrected chi connectivity index (χ2v) is 4.42. The van der Waals surface area contributed by atoms with Crippen LogP contribution in [-0.2, 0) is 0 Å². The summed E-state index contributed by atoms with van der Waals surface area (Å²) in [5.41, 5.74) is 0.134. The van der Waals surface area contributed by atoms with Crippen molar-refractivity contribution < 1.29 is 15.0 Å². The van der Waals surface area contributed by atoms with Crippen LogP contribution in [0.2, 0.25) is 0 Å². The first-order chi connectivity index (χ1) is 8.47. The minimum atomic E-state index is -1.04. The number of carboxylic acid groups (broad SMARTS) is 1. The van der Waals surface area contributed by atoms with Gasteiger partial charge in [0.1, 0.15) is 0 Å². The number of para-hydroxylation sites is 1. The Balaban J connectivity index is 0.000000331. The smallest absolute Gasteiger partial charge is 0.409 e. The molecule has 0 unspecified atom stereocenters. The Hall–Kier alpha value is -1.07. The third-order valence-corrected chi connectivity index (χ3v) is 3.63. The predicted octanol–water partition coefficient (Wildman–Crippen LogP) is 3.71. The van der Waals surface area contributed by atoms with E-state index in [1.54, 1.807) is 24.3 Å². The van der Waals surface area contributed by atoms with Gasteiger partial charge in [-0.1, -0.05) is 48.0 Å². The number of hydrogen-bond acceptors (Lipinski definition) is 2. The molecule has 1 aromatic carbocycles. The summed E-state index contributed by atoms with van der Waals surface area (Å²) in [4.78, 5) is 10.1. The van der Waals surface area contributed by atoms with Gasteiger partial charge in [-0.2, -0.15) is 0 Å². The Morgan fingerprint density at radius 1 is 1.28 bits per heavy atom. The fourth-order valence-corrected chi connectivity index (χ4v) is 1.88. The number of rotatable bonds is 4. The van der Waals surface area contributed by atoms with Crippen LogP contribution >= 0.6 is 15.9 Å². The zero-order chi connectivity index (χ0) is 14.0. The molecular formula is C13H20BrNO3. The molecule has 0 aliphatic rings. The van der Waals surface area contributed by atoms with E-state index in [1.165, 1.54) is 0 Å². The van der Waals surface area contributed by atoms with E-state index in [-0.39, 0.29) is 0 Å². The van der Waals surface area contributed by atoms with Crippen LogP contribution in [0.3, 0.4) is 0 Å². The Morgan fingerprint density at radius 3 is 2.06 bits per heavy atom. The molecule has 0 atom stereocenters. The molecule has 0 radical (unpaired) electrons. The Kier molecular flexibility index (Phi) is 8.41. The first-order valence-electron chi connectivity index (χ1n) is 5.80. The van der Waals surface area contributed by atoms with Crippen LogP contribution in [-0.4, -0.2) is 27.2 Å². The maximum atomic E-state index is 10.1. The summed E-state index contributed by atoms with van der Waals surface area (Å²) in [6, 6.07) is 8.74. The van der Waals surface area contributed by atoms with E-state index in [1.807, 2.05) is 19.9 Å². The van der Waals surface area contributed by atoms with Crippen LogP contribution in [0.4, 0.5) is 10.5 Å². The average molecular weight is 318 g/mol. The lowest BCUT2D eigenvalue weighted by Gasteiger charge is -2.21. The molecule has 0 aliphatic heterocycles. The van der Waals surface area contributed by atoms with Crippen LogP contribution < -0.4 is 5.32 Å². The molecule has 0 saturated carbocycles. The first kappa shape index (κ1) is 16.9. The van der Waals surface area contributed by atoms with Gasteiger partial charge in [-0.05, 0) is 25.0 Å². The Labute approximate surface area is 116 Å². The van der Waals surface area contributed by atoms with Gasteiger partial charge in [-0.15, -0.1) is 0 Å². The van der Waals surface area contributed by atoms with Gasteiger partial charge < -0.3 is 10.2 Å². The quantitative estimate of drug-likeness (QED) is 0.741. The molecule has 0 aliphatic carbocycles. The summed E-state index contributed by atoms with van der Waals surface area (Å²) in [5, 5.41) is 20.6. The summed E-state index contributed by atoms with van der Waals surface area (Å²) in [7, 11) is 0. The van der Waals surface area contributed by atoms with Crippen LogP contribution in [0, 0.1) is 0 Å². The normalized spacial score (nSPS) is 10.2. The van der Waals surface area contributed by atoms with Gasteiger partial charge in [-0.3, -0.25) is 5.32 Å². The molecule has 1 aromatic rings. The fraction of sp³-hybridized carbons (Fsp3) is 0.462. The van der Waals surface area contributed by atoms with E-state index >= 15 is 0 Å². The fourth-order valence-electron chi connectivity index (χ4n) is 1.08. The van der Waals surface area contributed by atoms with Crippen molar-refractivity contribution in [3.8, 4) is 0 Å². The second-order valence-electron chi connectivity index (χ2n) is 3.86. The molecule has 4 nitrogen and oxygen atoms in total. The van der Waals surface area contributed by atoms with Gasteiger partial charge in [0.15, 0.2) is 0 Å². The highest BCUT2D eigenvalue weighted by molar-refractivity contribution is 9.09. The highest BCUT2D eigenvalue weighted by Crippen LogP contribution is 2.16. The van der Waals surface area contributed by atoms with E-state index in [4.69, 9.17) is 5.11 Å². The monoisotopic (exact) mass is 317 g/mol. The second kappa shape index (κ2) is 8.94. The number of benzene rings is 1. The molecule has 1 rings (SSSR count). The SMILES string of the molecule is CCC(O)(CC)CBr.O=C(O)Nc1ccccc1. The summed E-state index contributed by atoms with van der Waals surface area (Å²) in [6.07, 6.45) is 0.620. The number of hydrogen-bond donors (Lipinski definition) is 3. The molecule has 0 heterocycles. The molecule has 5 heteroatoms. The molecule has 0 spiro atoms. The average Bonchev–Trinajstić information content (AvgIpc) is 2.39. The van der Waals surface area contributed by atoms with Gasteiger partial charge in [-0.25, -0.2) is 4.79 Å². The summed E-state index contributed by atoms with van der Waals surface area (Å²) < 4.78 is 0. The maximum absolute atomic E-state index is 10.1. The van der Waals surface area contributed by atoms with Crippen molar-refractivity contribution in [1.82, 2.24) is 0 Å². The molecule has 0 aromatic heterocycles. The largest absolute Gasteiger partial charge is 0.465 e. The van der Waals surface area contributed by atoms with Crippen molar-refractivity contribution in [1.29, 1.82) is 0 Å². The van der Waals surface area contributed by atoms with Crippen molar-refractivity contribution in [2.45, 2.75) is 32.3 Å². The minimum absolute atomic E-state index is 0.458. The number of anilines is 1. The summed E-state index contributed by atoms with van der Waals surface area (Å²) in [5.74, 6) is 0. The molecule has 3 N–H and O–H groups in total. The van der Waals surface area contributed by atoms with Crippen LogP contribution in [0.1, 0.15) is 26.7 Å². The third kappa shape index (κ3) is 7.29. The van der Waals surface area contributed by atoms with Crippen LogP contribution in [0.15, 0.2) is 30.3 Å². The first-order valence-corrected chi connectivity index (χ1v) is 6.93. The van der Waals surface area contributed by atoms with Gasteiger partial charge in [0.05, 0.1) is 5.60 Å². The topological polar surface area (TPSA) is 69.6 Å². The van der Waals surface area contributed by atoms with E-state index < -0.39 is 11.7 Å². The van der Waals surface area contributed by atoms with Crippen LogP contribution in [0.25, 0.3) is 0 Å². The molecule has 18 heavy (non-hydrogen) atoms. The van der Waals surface area contributed by atoms with Gasteiger partial charge in [0, 0.05) is 11.0 Å². The molecule has 1 amide bonds. The standard InChI is InChI=1S/C7H7NO2.C6H13BrO/c9-7(10)8-6-4-2-1-3-5-6;1-3-6(8,4-2)5-7/h1-5,8H,(H,9,10);8H,3-5H2,1-2H3. The maximum Gasteiger partial charge on any atom is 0.409 e. The lowest BCUT2D eigenvalue weighted by molar-refractivity contribution is 0.0584. The minimum Gasteiger partial charge on any atom is -0.465 e. The molecule has 0 fully saturated rings. The third-order valence-electron chi connectivity index (χ3n) is 2.59. The zero-order valence-corrected chi connectivity index (χ0v) is 12.3. The molecule has 0 bridgehead atoms. The number of aliphatic hydroxyl groups is 1. The van der Waals surface area contributed by atoms with Crippen molar-refractivity contribution in [2.24, 2.45) is 0 Å². The van der Waals surface area contributed by atoms with Crippen molar-refractivity contribution in [3.05, 3.63) is 30.3 Å². The Bertz CT molecular complexity index is 331. The van der Waals surface area contributed by atoms with E-state index in [2.05, 4.69) is 21.2 Å². The van der Waals surface area contributed by atoms with Gasteiger partial charge in [0.2, 0.25) is 0 Å². The molecular weight excluding hydrogens is 298 g/mol. The number of alkyl halides is 1. The predicted molar refractivity (Wildman–Crippen MR) is 77.4 cm³/mol. The number of carbonyl (C=O) groups is 1. The van der Waals surface area contributed by atoms with Crippen molar-refractivity contribution in [3.63, 3.8) is 0 Å². The highest BCUT2D eigenvalue weighted by Gasteiger charge is 2.19. The van der Waals surface area contributed by atoms with Crippen molar-refractivity contribution >= 4 is 27.7 Å². The zero-order valence-electron chi connectivity index (χ0n) is 10.7. The lowest BCUT2D eigenvalue weighted by atomic mass is 10.0. The molecule has 0 saturated heterocycles. The Morgan fingerprint density at radius 2 is 1.78 bits per heavy atom. The van der Waals surface area contributed by atoms with Crippen LogP contribution in [0.5, 0.6) is 0 Å². The molecule has 102 valence electrons. The van der Waals surface area contributed by atoms with Crippen molar-refractivity contribution in [2.75, 3.05) is 10.6 Å². The number of halogens is 1. The summed E-state index contributed by atoms with van der Waals surface area (Å²) in [6.45, 7) is 3.98. The number of amides is 1. The van der Waals surface area contributed by atoms with Gasteiger partial charge in [0.25, 0.3) is 0 Å². The highest BCUT2D eigenvalue weighted by atomic mass is 79.9. The number of nitrogens with one attached hydrogen (secondary N) is 1. The van der Waals surface area contributed by atoms with E-state index in [0.717, 1.165) is 12.8 Å². The van der Waals surface area contributed by atoms with E-state index in [0.29, 0.717) is 11.0 Å². The lowest BCUT2D eigenvalue weighted by Crippen LogP contribution is -2.27. The van der Waals surface area contributed by atoms with E-state index in [9.17, 15) is 9.90 Å².